The van der Waals surface area contributed by atoms with Crippen LogP contribution in [0.25, 0.3) is 23.3 Å². The molecule has 1 saturated heterocycles. The van der Waals surface area contributed by atoms with E-state index in [1.54, 1.807) is 7.11 Å². The Hall–Kier alpha value is -3.77. The Kier molecular flexibility index (Phi) is 7.00. The Morgan fingerprint density at radius 2 is 1.60 bits per heavy atom. The number of aromatic nitrogens is 1. The van der Waals surface area contributed by atoms with E-state index in [1.165, 1.54) is 0 Å². The number of anilines is 1. The molecule has 0 amide bonds. The molecule has 0 spiro atoms. The molecule has 4 aromatic rings. The number of methoxy groups -OCH3 is 1. The molecule has 0 saturated carbocycles. The second-order valence-corrected chi connectivity index (χ2v) is 8.57. The molecule has 35 heavy (non-hydrogen) atoms. The van der Waals surface area contributed by atoms with Gasteiger partial charge < -0.3 is 18.8 Å². The Morgan fingerprint density at radius 3 is 2.37 bits per heavy atom. The third-order valence-corrected chi connectivity index (χ3v) is 6.39. The monoisotopic (exact) mass is 469 g/mol. The number of benzene rings is 3. The minimum absolute atomic E-state index is 0.00805. The van der Waals surface area contributed by atoms with Gasteiger partial charge in [-0.15, -0.1) is 0 Å². The summed E-state index contributed by atoms with van der Waals surface area (Å²) >= 11 is 0. The van der Waals surface area contributed by atoms with Crippen LogP contribution in [0.5, 0.6) is 11.5 Å². The summed E-state index contributed by atoms with van der Waals surface area (Å²) in [4.78, 5) is 9.35. The van der Waals surface area contributed by atoms with Crippen LogP contribution in [0.3, 0.4) is 0 Å². The van der Waals surface area contributed by atoms with Gasteiger partial charge in [-0.05, 0) is 42.8 Å². The second kappa shape index (κ2) is 10.7. The number of oxazole rings is 1. The van der Waals surface area contributed by atoms with E-state index in [-0.39, 0.29) is 6.23 Å². The fraction of sp³-hybridized carbons (Fsp3) is 0.276. The highest BCUT2D eigenvalue weighted by Gasteiger charge is 2.25. The molecule has 180 valence electrons. The molecule has 1 aliphatic rings. The highest BCUT2D eigenvalue weighted by Crippen LogP contribution is 2.29. The molecule has 2 heterocycles. The molecule has 0 bridgehead atoms. The summed E-state index contributed by atoms with van der Waals surface area (Å²) in [6, 6.07) is 24.1. The number of hydrogen-bond donors (Lipinski definition) is 0. The average molecular weight is 470 g/mol. The van der Waals surface area contributed by atoms with Crippen LogP contribution in [0.1, 0.15) is 24.8 Å². The minimum Gasteiger partial charge on any atom is -0.495 e. The fourth-order valence-electron chi connectivity index (χ4n) is 4.55. The van der Waals surface area contributed by atoms with E-state index in [9.17, 15) is 0 Å². The van der Waals surface area contributed by atoms with E-state index in [1.807, 2.05) is 66.7 Å². The lowest BCUT2D eigenvalue weighted by Crippen LogP contribution is -2.52. The van der Waals surface area contributed by atoms with Crippen molar-refractivity contribution in [1.29, 1.82) is 0 Å². The van der Waals surface area contributed by atoms with Crippen LogP contribution in [0, 0.1) is 0 Å². The number of ether oxygens (including phenoxy) is 2. The third kappa shape index (κ3) is 5.17. The Bertz CT molecular complexity index is 1260. The minimum atomic E-state index is 0.00805. The van der Waals surface area contributed by atoms with Gasteiger partial charge in [0.25, 0.3) is 0 Å². The Morgan fingerprint density at radius 1 is 0.886 bits per heavy atom. The molecule has 0 N–H and O–H groups in total. The molecule has 3 aromatic carbocycles. The molecule has 6 heteroatoms. The highest BCUT2D eigenvalue weighted by atomic mass is 16.5. The van der Waals surface area contributed by atoms with Gasteiger partial charge in [0.2, 0.25) is 5.89 Å². The van der Waals surface area contributed by atoms with Gasteiger partial charge in [-0.2, -0.15) is 0 Å². The van der Waals surface area contributed by atoms with Crippen molar-refractivity contribution in [1.82, 2.24) is 9.88 Å². The Balaban J connectivity index is 1.26. The maximum absolute atomic E-state index is 6.55. The van der Waals surface area contributed by atoms with E-state index in [0.29, 0.717) is 5.89 Å². The van der Waals surface area contributed by atoms with Crippen LogP contribution >= 0.6 is 0 Å². The van der Waals surface area contributed by atoms with Gasteiger partial charge in [0, 0.05) is 37.8 Å². The average Bonchev–Trinajstić information content (AvgIpc) is 3.34. The van der Waals surface area contributed by atoms with Crippen molar-refractivity contribution in [2.75, 3.05) is 38.2 Å². The number of piperazine rings is 1. The second-order valence-electron chi connectivity index (χ2n) is 8.57. The lowest BCUT2D eigenvalue weighted by atomic mass is 10.2. The van der Waals surface area contributed by atoms with Gasteiger partial charge in [0.1, 0.15) is 17.0 Å². The van der Waals surface area contributed by atoms with Crippen LogP contribution in [0.15, 0.2) is 77.2 Å². The van der Waals surface area contributed by atoms with Crippen molar-refractivity contribution in [3.63, 3.8) is 0 Å². The number of rotatable bonds is 8. The zero-order valence-corrected chi connectivity index (χ0v) is 20.3. The highest BCUT2D eigenvalue weighted by molar-refractivity contribution is 5.76. The van der Waals surface area contributed by atoms with Crippen molar-refractivity contribution < 1.29 is 13.9 Å². The first kappa shape index (κ1) is 23.0. The van der Waals surface area contributed by atoms with Gasteiger partial charge >= 0.3 is 0 Å². The predicted molar refractivity (Wildman–Crippen MR) is 141 cm³/mol. The molecule has 6 nitrogen and oxygen atoms in total. The first-order valence-electron chi connectivity index (χ1n) is 12.2. The number of fused-ring (bicyclic) bond motifs is 1. The maximum Gasteiger partial charge on any atom is 0.220 e. The van der Waals surface area contributed by atoms with Crippen molar-refractivity contribution in [3.8, 4) is 11.5 Å². The molecule has 1 aliphatic heterocycles. The first-order valence-corrected chi connectivity index (χ1v) is 12.2. The number of hydrogen-bond acceptors (Lipinski definition) is 6. The molecule has 1 unspecified atom stereocenters. The molecule has 0 aliphatic carbocycles. The zero-order chi connectivity index (χ0) is 24.0. The summed E-state index contributed by atoms with van der Waals surface area (Å²) in [5.74, 6) is 2.36. The molecule has 1 atom stereocenters. The summed E-state index contributed by atoms with van der Waals surface area (Å²) in [7, 11) is 1.73. The molecule has 1 aromatic heterocycles. The van der Waals surface area contributed by atoms with Crippen molar-refractivity contribution in [3.05, 3.63) is 84.3 Å². The summed E-state index contributed by atoms with van der Waals surface area (Å²) in [6.07, 6.45) is 4.81. The van der Waals surface area contributed by atoms with Crippen LogP contribution in [-0.4, -0.2) is 49.4 Å². The Labute approximate surface area is 206 Å². The van der Waals surface area contributed by atoms with E-state index < -0.39 is 0 Å². The first-order chi connectivity index (χ1) is 17.2. The van der Waals surface area contributed by atoms with Gasteiger partial charge in [0.15, 0.2) is 11.8 Å². The molecule has 1 fully saturated rings. The fourth-order valence-corrected chi connectivity index (χ4v) is 4.55. The lowest BCUT2D eigenvalue weighted by molar-refractivity contribution is 0.0183. The van der Waals surface area contributed by atoms with E-state index in [0.717, 1.165) is 66.4 Å². The topological polar surface area (TPSA) is 51.0 Å². The van der Waals surface area contributed by atoms with E-state index in [4.69, 9.17) is 13.9 Å². The van der Waals surface area contributed by atoms with Gasteiger partial charge in [-0.3, -0.25) is 4.90 Å². The molecular weight excluding hydrogens is 438 g/mol. The molecule has 0 radical (unpaired) electrons. The van der Waals surface area contributed by atoms with Crippen molar-refractivity contribution >= 4 is 28.9 Å². The van der Waals surface area contributed by atoms with Gasteiger partial charge in [0.05, 0.1) is 12.8 Å². The summed E-state index contributed by atoms with van der Waals surface area (Å²) in [6.45, 7) is 5.89. The molecule has 5 rings (SSSR count). The zero-order valence-electron chi connectivity index (χ0n) is 20.3. The number of para-hydroxylation sites is 5. The van der Waals surface area contributed by atoms with Gasteiger partial charge in [-0.1, -0.05) is 49.4 Å². The van der Waals surface area contributed by atoms with Crippen LogP contribution in [-0.2, 0) is 0 Å². The predicted octanol–water partition coefficient (Wildman–Crippen LogP) is 5.94. The standard InChI is InChI=1S/C29H31N3O3/c1-3-29(32-20-18-31(19-21-32)24-12-6-9-15-27(24)33-2)35-25-13-7-4-10-22(25)16-17-28-30-23-11-5-8-14-26(23)34-28/h4-17,29H,3,18-21H2,1-2H3. The van der Waals surface area contributed by atoms with Crippen LogP contribution in [0.4, 0.5) is 5.69 Å². The normalized spacial score (nSPS) is 15.5. The van der Waals surface area contributed by atoms with E-state index in [2.05, 4.69) is 39.9 Å². The quantitative estimate of drug-likeness (QED) is 0.318. The summed E-state index contributed by atoms with van der Waals surface area (Å²) in [5.41, 5.74) is 3.80. The largest absolute Gasteiger partial charge is 0.495 e. The lowest BCUT2D eigenvalue weighted by Gasteiger charge is -2.40. The summed E-state index contributed by atoms with van der Waals surface area (Å²) in [5, 5.41) is 0. The van der Waals surface area contributed by atoms with E-state index >= 15 is 0 Å². The van der Waals surface area contributed by atoms with Crippen molar-refractivity contribution in [2.24, 2.45) is 0 Å². The van der Waals surface area contributed by atoms with Crippen molar-refractivity contribution in [2.45, 2.75) is 19.6 Å². The maximum atomic E-state index is 6.55. The molecular formula is C29H31N3O3. The van der Waals surface area contributed by atoms with Gasteiger partial charge in [-0.25, -0.2) is 4.98 Å². The third-order valence-electron chi connectivity index (χ3n) is 6.39. The number of nitrogens with zero attached hydrogens (tertiary/aromatic N) is 3. The summed E-state index contributed by atoms with van der Waals surface area (Å²) < 4.78 is 17.9. The van der Waals surface area contributed by atoms with Crippen LogP contribution < -0.4 is 14.4 Å². The SMILES string of the molecule is CCC(Oc1ccccc1C=Cc1nc2ccccc2o1)N1CCN(c2ccccc2OC)CC1. The van der Waals surface area contributed by atoms with Crippen LogP contribution in [0.2, 0.25) is 0 Å². The smallest absolute Gasteiger partial charge is 0.220 e.